The van der Waals surface area contributed by atoms with Gasteiger partial charge >= 0.3 is 0 Å². The number of anilines is 1. The molecule has 0 radical (unpaired) electrons. The highest BCUT2D eigenvalue weighted by Crippen LogP contribution is 2.33. The third kappa shape index (κ3) is 3.25. The summed E-state index contributed by atoms with van der Waals surface area (Å²) in [5.41, 5.74) is 2.15. The fourth-order valence-corrected chi connectivity index (χ4v) is 4.11. The first-order valence-electron chi connectivity index (χ1n) is 9.07. The highest BCUT2D eigenvalue weighted by atomic mass is 32.1. The summed E-state index contributed by atoms with van der Waals surface area (Å²) in [6, 6.07) is 12.1. The normalized spacial score (nSPS) is 12.5. The lowest BCUT2D eigenvalue weighted by molar-refractivity contribution is 0.174. The molecule has 4 heterocycles. The zero-order chi connectivity index (χ0) is 18.9. The smallest absolute Gasteiger partial charge is 0.231 e. The van der Waals surface area contributed by atoms with Gasteiger partial charge in [-0.05, 0) is 49.2 Å². The molecule has 0 spiro atoms. The molecule has 0 fully saturated rings. The number of pyridine rings is 1. The maximum Gasteiger partial charge on any atom is 0.231 e. The summed E-state index contributed by atoms with van der Waals surface area (Å²) < 4.78 is 10.8. The number of hydrogen-bond acceptors (Lipinski definition) is 7. The first-order chi connectivity index (χ1) is 13.8. The van der Waals surface area contributed by atoms with E-state index < -0.39 is 0 Å². The number of nitrogens with one attached hydrogen (secondary N) is 1. The molecule has 6 nitrogen and oxygen atoms in total. The fourth-order valence-electron chi connectivity index (χ4n) is 3.23. The molecule has 7 heteroatoms. The van der Waals surface area contributed by atoms with Crippen LogP contribution in [0.25, 0.3) is 21.6 Å². The van der Waals surface area contributed by atoms with Crippen LogP contribution in [0.4, 0.5) is 5.82 Å². The lowest BCUT2D eigenvalue weighted by Crippen LogP contribution is -2.07. The molecule has 0 amide bonds. The Hall–Kier alpha value is -3.19. The standard InChI is InChI=1S/C21H18N4O2S/c1-13-10-16-20(23-9-4-14-2-3-17-18(11-14)27-12-26-17)24-19(25-21(16)28-13)15-5-7-22-8-6-15/h2-3,5-8,10-11H,4,9,12H2,1H3,(H,23,24,25). The van der Waals surface area contributed by atoms with Crippen molar-refractivity contribution in [3.63, 3.8) is 0 Å². The second kappa shape index (κ2) is 7.09. The van der Waals surface area contributed by atoms with E-state index in [-0.39, 0.29) is 0 Å². The van der Waals surface area contributed by atoms with Crippen molar-refractivity contribution in [2.24, 2.45) is 0 Å². The van der Waals surface area contributed by atoms with E-state index in [4.69, 9.17) is 19.4 Å². The second-order valence-corrected chi connectivity index (χ2v) is 7.81. The maximum absolute atomic E-state index is 5.46. The fraction of sp³-hybridized carbons (Fsp3) is 0.190. The van der Waals surface area contributed by atoms with E-state index in [0.29, 0.717) is 12.6 Å². The van der Waals surface area contributed by atoms with Gasteiger partial charge in [0.05, 0.1) is 5.39 Å². The summed E-state index contributed by atoms with van der Waals surface area (Å²) in [5.74, 6) is 3.20. The van der Waals surface area contributed by atoms with Gasteiger partial charge in [-0.1, -0.05) is 6.07 Å². The summed E-state index contributed by atoms with van der Waals surface area (Å²) in [5, 5.41) is 4.56. The van der Waals surface area contributed by atoms with Crippen LogP contribution < -0.4 is 14.8 Å². The van der Waals surface area contributed by atoms with Gasteiger partial charge in [0.1, 0.15) is 10.6 Å². The van der Waals surface area contributed by atoms with Crippen LogP contribution in [0.3, 0.4) is 0 Å². The van der Waals surface area contributed by atoms with Gasteiger partial charge in [-0.25, -0.2) is 9.97 Å². The van der Waals surface area contributed by atoms with Crippen LogP contribution in [0.2, 0.25) is 0 Å². The van der Waals surface area contributed by atoms with E-state index in [1.54, 1.807) is 23.7 Å². The quantitative estimate of drug-likeness (QED) is 0.543. The third-order valence-corrected chi connectivity index (χ3v) is 5.54. The monoisotopic (exact) mass is 390 g/mol. The number of benzene rings is 1. The number of thiophene rings is 1. The van der Waals surface area contributed by atoms with Gasteiger partial charge in [0.2, 0.25) is 6.79 Å². The van der Waals surface area contributed by atoms with Crippen molar-refractivity contribution in [2.75, 3.05) is 18.7 Å². The number of aromatic nitrogens is 3. The number of aryl methyl sites for hydroxylation is 1. The molecule has 1 aliphatic rings. The number of hydrogen-bond donors (Lipinski definition) is 1. The van der Waals surface area contributed by atoms with Crippen molar-refractivity contribution in [1.82, 2.24) is 15.0 Å². The van der Waals surface area contributed by atoms with Crippen molar-refractivity contribution in [1.29, 1.82) is 0 Å². The molecule has 0 saturated carbocycles. The Morgan fingerprint density at radius 1 is 1.04 bits per heavy atom. The molecule has 0 saturated heterocycles. The third-order valence-electron chi connectivity index (χ3n) is 4.60. The van der Waals surface area contributed by atoms with E-state index >= 15 is 0 Å². The van der Waals surface area contributed by atoms with Gasteiger partial charge in [-0.2, -0.15) is 0 Å². The Kier molecular flexibility index (Phi) is 4.29. The second-order valence-electron chi connectivity index (χ2n) is 6.57. The minimum Gasteiger partial charge on any atom is -0.454 e. The molecular weight excluding hydrogens is 372 g/mol. The molecule has 140 valence electrons. The highest BCUT2D eigenvalue weighted by Gasteiger charge is 2.14. The molecular formula is C21H18N4O2S. The summed E-state index contributed by atoms with van der Waals surface area (Å²) in [6.07, 6.45) is 4.38. The molecule has 3 aromatic heterocycles. The summed E-state index contributed by atoms with van der Waals surface area (Å²) >= 11 is 1.68. The zero-order valence-corrected chi connectivity index (χ0v) is 16.1. The largest absolute Gasteiger partial charge is 0.454 e. The minimum absolute atomic E-state index is 0.297. The molecule has 0 atom stereocenters. The molecule has 0 unspecified atom stereocenters. The Balaban J connectivity index is 1.40. The molecule has 1 aromatic carbocycles. The van der Waals surface area contributed by atoms with E-state index in [9.17, 15) is 0 Å². The summed E-state index contributed by atoms with van der Waals surface area (Å²) in [6.45, 7) is 3.15. The van der Waals surface area contributed by atoms with Gasteiger partial charge < -0.3 is 14.8 Å². The number of nitrogens with zero attached hydrogens (tertiary/aromatic N) is 3. The van der Waals surface area contributed by atoms with Crippen molar-refractivity contribution >= 4 is 27.4 Å². The van der Waals surface area contributed by atoms with E-state index in [2.05, 4.69) is 29.4 Å². The van der Waals surface area contributed by atoms with Gasteiger partial charge in [0, 0.05) is 29.4 Å². The Labute approximate surface area is 166 Å². The maximum atomic E-state index is 5.46. The number of rotatable bonds is 5. The average Bonchev–Trinajstić information content (AvgIpc) is 3.33. The van der Waals surface area contributed by atoms with Crippen LogP contribution in [-0.4, -0.2) is 28.3 Å². The van der Waals surface area contributed by atoms with Crippen LogP contribution in [0.15, 0.2) is 48.8 Å². The predicted molar refractivity (Wildman–Crippen MR) is 110 cm³/mol. The average molecular weight is 390 g/mol. The molecule has 0 bridgehead atoms. The van der Waals surface area contributed by atoms with E-state index in [0.717, 1.165) is 46.1 Å². The van der Waals surface area contributed by atoms with Crippen LogP contribution in [-0.2, 0) is 6.42 Å². The molecule has 4 aromatic rings. The molecule has 28 heavy (non-hydrogen) atoms. The van der Waals surface area contributed by atoms with Gasteiger partial charge in [-0.3, -0.25) is 4.98 Å². The minimum atomic E-state index is 0.297. The first kappa shape index (κ1) is 16.9. The van der Waals surface area contributed by atoms with Crippen LogP contribution in [0, 0.1) is 6.92 Å². The molecule has 1 aliphatic heterocycles. The highest BCUT2D eigenvalue weighted by molar-refractivity contribution is 7.18. The summed E-state index contributed by atoms with van der Waals surface area (Å²) in [4.78, 5) is 15.8. The van der Waals surface area contributed by atoms with Crippen LogP contribution in [0.5, 0.6) is 11.5 Å². The lowest BCUT2D eigenvalue weighted by Gasteiger charge is -2.09. The molecule has 1 N–H and O–H groups in total. The first-order valence-corrected chi connectivity index (χ1v) is 9.89. The van der Waals surface area contributed by atoms with Gasteiger partial charge in [0.15, 0.2) is 17.3 Å². The number of ether oxygens (including phenoxy) is 2. The predicted octanol–water partition coefficient (Wildman–Crippen LogP) is 4.45. The zero-order valence-electron chi connectivity index (χ0n) is 15.3. The van der Waals surface area contributed by atoms with Crippen molar-refractivity contribution < 1.29 is 9.47 Å². The van der Waals surface area contributed by atoms with Gasteiger partial charge in [-0.15, -0.1) is 11.3 Å². The van der Waals surface area contributed by atoms with Gasteiger partial charge in [0.25, 0.3) is 0 Å². The van der Waals surface area contributed by atoms with Crippen molar-refractivity contribution in [3.05, 3.63) is 59.2 Å². The SMILES string of the molecule is Cc1cc2c(NCCc3ccc4c(c3)OCO4)nc(-c3ccncc3)nc2s1. The Bertz CT molecular complexity index is 1140. The van der Waals surface area contributed by atoms with Crippen LogP contribution in [0.1, 0.15) is 10.4 Å². The molecule has 0 aliphatic carbocycles. The molecule has 5 rings (SSSR count). The lowest BCUT2D eigenvalue weighted by atomic mass is 10.1. The number of fused-ring (bicyclic) bond motifs is 2. The summed E-state index contributed by atoms with van der Waals surface area (Å²) in [7, 11) is 0. The van der Waals surface area contributed by atoms with E-state index in [1.165, 1.54) is 10.4 Å². The van der Waals surface area contributed by atoms with Crippen molar-refractivity contribution in [3.8, 4) is 22.9 Å². The topological polar surface area (TPSA) is 69.2 Å². The van der Waals surface area contributed by atoms with Crippen LogP contribution >= 0.6 is 11.3 Å². The Morgan fingerprint density at radius 2 is 1.89 bits per heavy atom. The Morgan fingerprint density at radius 3 is 2.79 bits per heavy atom. The van der Waals surface area contributed by atoms with Crippen molar-refractivity contribution in [2.45, 2.75) is 13.3 Å². The van der Waals surface area contributed by atoms with E-state index in [1.807, 2.05) is 24.3 Å².